The van der Waals surface area contributed by atoms with Gasteiger partial charge in [0.2, 0.25) is 0 Å². The molecular formula is C12H13N. The second-order valence-electron chi connectivity index (χ2n) is 2.55. The zero-order valence-electron chi connectivity index (χ0n) is 7.53. The number of hydrogen-bond donors (Lipinski definition) is 1. The highest BCUT2D eigenvalue weighted by atomic mass is 14.9. The van der Waals surface area contributed by atoms with Crippen molar-refractivity contribution in [2.24, 2.45) is 0 Å². The van der Waals surface area contributed by atoms with Crippen LogP contribution in [-0.2, 0) is 0 Å². The van der Waals surface area contributed by atoms with E-state index in [0.29, 0.717) is 0 Å². The van der Waals surface area contributed by atoms with Crippen LogP contribution in [0.1, 0.15) is 0 Å². The first-order valence-corrected chi connectivity index (χ1v) is 4.14. The molecule has 0 amide bonds. The van der Waals surface area contributed by atoms with Crippen LogP contribution in [0.4, 0.5) is 5.69 Å². The minimum Gasteiger partial charge on any atom is -0.356 e. The summed E-state index contributed by atoms with van der Waals surface area (Å²) < 4.78 is 0. The second kappa shape index (κ2) is 4.99. The number of rotatable bonds is 4. The highest BCUT2D eigenvalue weighted by Gasteiger charge is 1.90. The van der Waals surface area contributed by atoms with Crippen molar-refractivity contribution in [3.05, 3.63) is 67.4 Å². The van der Waals surface area contributed by atoms with E-state index in [4.69, 9.17) is 0 Å². The molecule has 0 saturated heterocycles. The summed E-state index contributed by atoms with van der Waals surface area (Å²) in [6.45, 7) is 7.32. The Morgan fingerprint density at radius 3 is 2.38 bits per heavy atom. The fraction of sp³-hybridized carbons (Fsp3) is 0. The first-order chi connectivity index (χ1) is 6.36. The van der Waals surface area contributed by atoms with Gasteiger partial charge in [-0.05, 0) is 24.3 Å². The Labute approximate surface area is 79.1 Å². The van der Waals surface area contributed by atoms with Crippen LogP contribution in [-0.4, -0.2) is 0 Å². The Balaban J connectivity index is 2.73. The summed E-state index contributed by atoms with van der Waals surface area (Å²) in [6.07, 6.45) is 5.36. The molecule has 66 valence electrons. The van der Waals surface area contributed by atoms with Gasteiger partial charge in [0.25, 0.3) is 0 Å². The average Bonchev–Trinajstić information content (AvgIpc) is 2.19. The summed E-state index contributed by atoms with van der Waals surface area (Å²) in [6, 6.07) is 9.95. The normalized spacial score (nSPS) is 10.6. The van der Waals surface area contributed by atoms with Crippen molar-refractivity contribution in [2.75, 3.05) is 5.32 Å². The fourth-order valence-electron chi connectivity index (χ4n) is 0.976. The van der Waals surface area contributed by atoms with Crippen molar-refractivity contribution in [3.63, 3.8) is 0 Å². The van der Waals surface area contributed by atoms with Crippen molar-refractivity contribution in [1.82, 2.24) is 0 Å². The van der Waals surface area contributed by atoms with Crippen LogP contribution in [0.5, 0.6) is 0 Å². The zero-order valence-corrected chi connectivity index (χ0v) is 7.53. The van der Waals surface area contributed by atoms with Crippen molar-refractivity contribution in [2.45, 2.75) is 0 Å². The molecule has 0 aliphatic rings. The number of allylic oxidation sites excluding steroid dienone is 3. The first-order valence-electron chi connectivity index (χ1n) is 4.14. The van der Waals surface area contributed by atoms with E-state index in [1.54, 1.807) is 12.2 Å². The summed E-state index contributed by atoms with van der Waals surface area (Å²) in [5.74, 6) is 0. The molecule has 1 aromatic carbocycles. The van der Waals surface area contributed by atoms with Crippen LogP contribution < -0.4 is 5.32 Å². The quantitative estimate of drug-likeness (QED) is 0.685. The Hall–Kier alpha value is -1.76. The molecule has 1 aromatic rings. The molecule has 0 radical (unpaired) electrons. The molecule has 0 saturated carbocycles. The van der Waals surface area contributed by atoms with Gasteiger partial charge >= 0.3 is 0 Å². The third-order valence-electron chi connectivity index (χ3n) is 1.58. The van der Waals surface area contributed by atoms with Crippen molar-refractivity contribution in [1.29, 1.82) is 0 Å². The lowest BCUT2D eigenvalue weighted by Crippen LogP contribution is -1.95. The van der Waals surface area contributed by atoms with E-state index in [1.807, 2.05) is 36.4 Å². The molecule has 0 aromatic heterocycles. The number of benzene rings is 1. The predicted molar refractivity (Wildman–Crippen MR) is 58.5 cm³/mol. The molecule has 0 spiro atoms. The maximum atomic E-state index is 3.70. The highest BCUT2D eigenvalue weighted by molar-refractivity contribution is 5.50. The van der Waals surface area contributed by atoms with Gasteiger partial charge in [-0.2, -0.15) is 0 Å². The standard InChI is InChI=1S/C12H13N/c1-3-8-11(4-2)13-12-9-6-5-7-10-12/h3-10,13H,1-2H2/b11-8+. The van der Waals surface area contributed by atoms with E-state index in [9.17, 15) is 0 Å². The van der Waals surface area contributed by atoms with Crippen LogP contribution in [0, 0.1) is 0 Å². The molecule has 1 rings (SSSR count). The summed E-state index contributed by atoms with van der Waals surface area (Å²) in [5, 5.41) is 3.20. The lowest BCUT2D eigenvalue weighted by Gasteiger charge is -2.05. The van der Waals surface area contributed by atoms with Gasteiger partial charge in [-0.1, -0.05) is 37.4 Å². The molecule has 0 bridgehead atoms. The van der Waals surface area contributed by atoms with Crippen LogP contribution in [0.25, 0.3) is 0 Å². The smallest absolute Gasteiger partial charge is 0.0384 e. The van der Waals surface area contributed by atoms with E-state index >= 15 is 0 Å². The predicted octanol–water partition coefficient (Wildman–Crippen LogP) is 3.35. The number of hydrogen-bond acceptors (Lipinski definition) is 1. The molecule has 0 heterocycles. The molecule has 1 heteroatoms. The summed E-state index contributed by atoms with van der Waals surface area (Å²) in [7, 11) is 0. The molecule has 0 unspecified atom stereocenters. The van der Waals surface area contributed by atoms with Crippen LogP contribution in [0.3, 0.4) is 0 Å². The van der Waals surface area contributed by atoms with Gasteiger partial charge in [0.05, 0.1) is 0 Å². The summed E-state index contributed by atoms with van der Waals surface area (Å²) in [4.78, 5) is 0. The third kappa shape index (κ3) is 2.99. The summed E-state index contributed by atoms with van der Waals surface area (Å²) >= 11 is 0. The van der Waals surface area contributed by atoms with Gasteiger partial charge in [-0.15, -0.1) is 0 Å². The highest BCUT2D eigenvalue weighted by Crippen LogP contribution is 2.09. The molecule has 0 fully saturated rings. The van der Waals surface area contributed by atoms with Crippen molar-refractivity contribution < 1.29 is 0 Å². The van der Waals surface area contributed by atoms with E-state index in [0.717, 1.165) is 11.4 Å². The third-order valence-corrected chi connectivity index (χ3v) is 1.58. The number of nitrogens with one attached hydrogen (secondary N) is 1. The van der Waals surface area contributed by atoms with Gasteiger partial charge in [0.15, 0.2) is 0 Å². The molecular weight excluding hydrogens is 158 g/mol. The van der Waals surface area contributed by atoms with E-state index < -0.39 is 0 Å². The summed E-state index contributed by atoms with van der Waals surface area (Å²) in [5.41, 5.74) is 2.00. The second-order valence-corrected chi connectivity index (χ2v) is 2.55. The Morgan fingerprint density at radius 1 is 1.15 bits per heavy atom. The molecule has 1 N–H and O–H groups in total. The maximum Gasteiger partial charge on any atom is 0.0384 e. The van der Waals surface area contributed by atoms with Gasteiger partial charge in [-0.3, -0.25) is 0 Å². The average molecular weight is 171 g/mol. The van der Waals surface area contributed by atoms with E-state index in [2.05, 4.69) is 18.5 Å². The minimum atomic E-state index is 0.946. The van der Waals surface area contributed by atoms with Gasteiger partial charge in [0, 0.05) is 11.4 Å². The molecule has 0 aliphatic heterocycles. The molecule has 0 atom stereocenters. The van der Waals surface area contributed by atoms with Crippen molar-refractivity contribution >= 4 is 5.69 Å². The maximum absolute atomic E-state index is 3.70. The Kier molecular flexibility index (Phi) is 3.58. The van der Waals surface area contributed by atoms with Gasteiger partial charge in [0.1, 0.15) is 0 Å². The SMILES string of the molecule is C=C/C=C(\C=C)Nc1ccccc1. The minimum absolute atomic E-state index is 0.946. The number of para-hydroxylation sites is 1. The zero-order chi connectivity index (χ0) is 9.52. The Morgan fingerprint density at radius 2 is 1.85 bits per heavy atom. The van der Waals surface area contributed by atoms with Gasteiger partial charge < -0.3 is 5.32 Å². The van der Waals surface area contributed by atoms with E-state index in [1.165, 1.54) is 0 Å². The largest absolute Gasteiger partial charge is 0.356 e. The van der Waals surface area contributed by atoms with E-state index in [-0.39, 0.29) is 0 Å². The first kappa shape index (κ1) is 9.33. The monoisotopic (exact) mass is 171 g/mol. The molecule has 1 nitrogen and oxygen atoms in total. The number of anilines is 1. The lowest BCUT2D eigenvalue weighted by atomic mass is 10.3. The van der Waals surface area contributed by atoms with Crippen LogP contribution in [0.2, 0.25) is 0 Å². The Bertz CT molecular complexity index is 309. The van der Waals surface area contributed by atoms with Gasteiger partial charge in [-0.25, -0.2) is 0 Å². The molecule has 0 aliphatic carbocycles. The van der Waals surface area contributed by atoms with Crippen molar-refractivity contribution in [3.8, 4) is 0 Å². The van der Waals surface area contributed by atoms with Crippen LogP contribution >= 0.6 is 0 Å². The fourth-order valence-corrected chi connectivity index (χ4v) is 0.976. The lowest BCUT2D eigenvalue weighted by molar-refractivity contribution is 1.48. The van der Waals surface area contributed by atoms with Crippen LogP contribution in [0.15, 0.2) is 67.4 Å². The molecule has 13 heavy (non-hydrogen) atoms. The topological polar surface area (TPSA) is 12.0 Å².